The van der Waals surface area contributed by atoms with Gasteiger partial charge in [0.05, 0.1) is 6.54 Å². The zero-order valence-corrected chi connectivity index (χ0v) is 16.8. The molecule has 27 heavy (non-hydrogen) atoms. The number of aryl methyl sites for hydroxylation is 1. The Morgan fingerprint density at radius 2 is 1.96 bits per heavy atom. The van der Waals surface area contributed by atoms with Gasteiger partial charge in [0, 0.05) is 38.1 Å². The molecular weight excluding hydrogens is 340 g/mol. The molecule has 0 unspecified atom stereocenters. The maximum absolute atomic E-state index is 11.9. The van der Waals surface area contributed by atoms with Gasteiger partial charge in [-0.1, -0.05) is 24.3 Å². The molecule has 3 N–H and O–H groups in total. The SMILES string of the molecule is CN=C(NCC(=O)NC(C)(C)C)NCc1cccc(Cn2ccnc2C)c1. The first-order chi connectivity index (χ1) is 12.8. The Bertz CT molecular complexity index is 788. The quantitative estimate of drug-likeness (QED) is 0.535. The molecule has 0 aliphatic heterocycles. The number of nitrogens with one attached hydrogen (secondary N) is 3. The number of benzene rings is 1. The van der Waals surface area contributed by atoms with Crippen molar-refractivity contribution in [1.82, 2.24) is 25.5 Å². The second-order valence-corrected chi connectivity index (χ2v) is 7.50. The summed E-state index contributed by atoms with van der Waals surface area (Å²) in [6, 6.07) is 8.38. The lowest BCUT2D eigenvalue weighted by Crippen LogP contribution is -2.48. The van der Waals surface area contributed by atoms with Crippen LogP contribution in [0.25, 0.3) is 0 Å². The minimum Gasteiger partial charge on any atom is -0.352 e. The van der Waals surface area contributed by atoms with Crippen molar-refractivity contribution in [2.75, 3.05) is 13.6 Å². The van der Waals surface area contributed by atoms with Gasteiger partial charge in [0.25, 0.3) is 0 Å². The standard InChI is InChI=1S/C20H30N6O/c1-15-22-9-10-26(15)14-17-8-6-7-16(11-17)12-23-19(21-5)24-13-18(27)25-20(2,3)4/h6-11H,12-14H2,1-5H3,(H,25,27)(H2,21,23,24). The summed E-state index contributed by atoms with van der Waals surface area (Å²) in [6.07, 6.45) is 3.79. The Balaban J connectivity index is 1.86. The molecule has 0 spiro atoms. The van der Waals surface area contributed by atoms with E-state index < -0.39 is 0 Å². The van der Waals surface area contributed by atoms with E-state index in [1.54, 1.807) is 7.05 Å². The fraction of sp³-hybridized carbons (Fsp3) is 0.450. The first-order valence-corrected chi connectivity index (χ1v) is 9.08. The third kappa shape index (κ3) is 7.13. The molecule has 146 valence electrons. The summed E-state index contributed by atoms with van der Waals surface area (Å²) < 4.78 is 2.11. The van der Waals surface area contributed by atoms with Crippen molar-refractivity contribution in [2.45, 2.75) is 46.3 Å². The summed E-state index contributed by atoms with van der Waals surface area (Å²) in [5.74, 6) is 1.52. The molecule has 7 nitrogen and oxygen atoms in total. The normalized spacial score (nSPS) is 12.0. The Kier molecular flexibility index (Phi) is 6.98. The molecule has 2 aromatic rings. The van der Waals surface area contributed by atoms with E-state index in [9.17, 15) is 4.79 Å². The molecule has 0 saturated heterocycles. The lowest BCUT2D eigenvalue weighted by Gasteiger charge is -2.21. The molecule has 1 heterocycles. The van der Waals surface area contributed by atoms with Crippen LogP contribution in [0.15, 0.2) is 41.7 Å². The molecule has 0 aliphatic carbocycles. The number of hydrogen-bond acceptors (Lipinski definition) is 3. The van der Waals surface area contributed by atoms with E-state index in [-0.39, 0.29) is 18.0 Å². The largest absolute Gasteiger partial charge is 0.352 e. The van der Waals surface area contributed by atoms with Gasteiger partial charge in [-0.15, -0.1) is 0 Å². The minimum atomic E-state index is -0.246. The summed E-state index contributed by atoms with van der Waals surface area (Å²) >= 11 is 0. The molecule has 0 aliphatic rings. The number of nitrogens with zero attached hydrogens (tertiary/aromatic N) is 3. The zero-order valence-electron chi connectivity index (χ0n) is 16.8. The molecule has 0 atom stereocenters. The van der Waals surface area contributed by atoms with Crippen LogP contribution in [-0.4, -0.2) is 40.5 Å². The number of carbonyl (C=O) groups is 1. The highest BCUT2D eigenvalue weighted by Crippen LogP contribution is 2.08. The van der Waals surface area contributed by atoms with Gasteiger partial charge in [0.2, 0.25) is 5.91 Å². The van der Waals surface area contributed by atoms with Crippen LogP contribution >= 0.6 is 0 Å². The van der Waals surface area contributed by atoms with Crippen molar-refractivity contribution < 1.29 is 4.79 Å². The number of amides is 1. The van der Waals surface area contributed by atoms with Crippen LogP contribution in [0, 0.1) is 6.92 Å². The van der Waals surface area contributed by atoms with Crippen LogP contribution in [0.4, 0.5) is 0 Å². The smallest absolute Gasteiger partial charge is 0.239 e. The number of aliphatic imine (C=N–C) groups is 1. The van der Waals surface area contributed by atoms with E-state index >= 15 is 0 Å². The monoisotopic (exact) mass is 370 g/mol. The molecule has 0 bridgehead atoms. The Labute approximate surface area is 161 Å². The van der Waals surface area contributed by atoms with Gasteiger partial charge in [0.1, 0.15) is 5.82 Å². The minimum absolute atomic E-state index is 0.0665. The Morgan fingerprint density at radius 3 is 2.59 bits per heavy atom. The molecule has 0 radical (unpaired) electrons. The first-order valence-electron chi connectivity index (χ1n) is 9.08. The van der Waals surface area contributed by atoms with Gasteiger partial charge in [0.15, 0.2) is 5.96 Å². The number of rotatable bonds is 6. The zero-order chi connectivity index (χ0) is 19.9. The van der Waals surface area contributed by atoms with Crippen LogP contribution in [-0.2, 0) is 17.9 Å². The average Bonchev–Trinajstić information content (AvgIpc) is 2.99. The highest BCUT2D eigenvalue weighted by atomic mass is 16.2. The van der Waals surface area contributed by atoms with E-state index in [0.29, 0.717) is 12.5 Å². The van der Waals surface area contributed by atoms with E-state index in [2.05, 4.69) is 48.7 Å². The van der Waals surface area contributed by atoms with Crippen molar-refractivity contribution in [3.05, 3.63) is 53.6 Å². The van der Waals surface area contributed by atoms with Crippen molar-refractivity contribution in [3.8, 4) is 0 Å². The maximum Gasteiger partial charge on any atom is 0.239 e. The maximum atomic E-state index is 11.9. The van der Waals surface area contributed by atoms with Gasteiger partial charge < -0.3 is 20.5 Å². The fourth-order valence-corrected chi connectivity index (χ4v) is 2.64. The Hall–Kier alpha value is -2.83. The average molecular weight is 371 g/mol. The molecule has 0 saturated carbocycles. The summed E-state index contributed by atoms with van der Waals surface area (Å²) in [7, 11) is 1.69. The van der Waals surface area contributed by atoms with Crippen molar-refractivity contribution >= 4 is 11.9 Å². The summed E-state index contributed by atoms with van der Waals surface area (Å²) in [5.41, 5.74) is 2.11. The number of hydrogen-bond donors (Lipinski definition) is 3. The van der Waals surface area contributed by atoms with E-state index in [1.165, 1.54) is 5.56 Å². The van der Waals surface area contributed by atoms with Crippen LogP contribution in [0.1, 0.15) is 37.7 Å². The highest BCUT2D eigenvalue weighted by molar-refractivity contribution is 5.86. The number of aromatic nitrogens is 2. The van der Waals surface area contributed by atoms with Crippen molar-refractivity contribution in [1.29, 1.82) is 0 Å². The van der Waals surface area contributed by atoms with Crippen LogP contribution < -0.4 is 16.0 Å². The van der Waals surface area contributed by atoms with E-state index in [0.717, 1.165) is 17.9 Å². The predicted octanol–water partition coefficient (Wildman–Crippen LogP) is 1.82. The third-order valence-corrected chi connectivity index (χ3v) is 3.88. The molecule has 1 aromatic heterocycles. The van der Waals surface area contributed by atoms with Gasteiger partial charge in [-0.05, 0) is 38.8 Å². The number of imidazole rings is 1. The van der Waals surface area contributed by atoms with Gasteiger partial charge >= 0.3 is 0 Å². The molecule has 2 rings (SSSR count). The molecular formula is C20H30N6O. The predicted molar refractivity (Wildman–Crippen MR) is 109 cm³/mol. The van der Waals surface area contributed by atoms with Gasteiger partial charge in [-0.2, -0.15) is 0 Å². The fourth-order valence-electron chi connectivity index (χ4n) is 2.64. The second kappa shape index (κ2) is 9.21. The summed E-state index contributed by atoms with van der Waals surface area (Å²) in [4.78, 5) is 20.3. The van der Waals surface area contributed by atoms with Gasteiger partial charge in [-0.25, -0.2) is 4.98 Å². The van der Waals surface area contributed by atoms with Crippen molar-refractivity contribution in [2.24, 2.45) is 4.99 Å². The molecule has 0 fully saturated rings. The van der Waals surface area contributed by atoms with Crippen molar-refractivity contribution in [3.63, 3.8) is 0 Å². The molecule has 1 aromatic carbocycles. The number of guanidine groups is 1. The molecule has 7 heteroatoms. The van der Waals surface area contributed by atoms with E-state index in [1.807, 2.05) is 46.2 Å². The summed E-state index contributed by atoms with van der Waals surface area (Å²) in [6.45, 7) is 9.45. The number of carbonyl (C=O) groups excluding carboxylic acids is 1. The van der Waals surface area contributed by atoms with Crippen LogP contribution in [0.5, 0.6) is 0 Å². The summed E-state index contributed by atoms with van der Waals surface area (Å²) in [5, 5.41) is 9.19. The third-order valence-electron chi connectivity index (χ3n) is 3.88. The second-order valence-electron chi connectivity index (χ2n) is 7.50. The van der Waals surface area contributed by atoms with Crippen LogP contribution in [0.2, 0.25) is 0 Å². The van der Waals surface area contributed by atoms with Crippen LogP contribution in [0.3, 0.4) is 0 Å². The van der Waals surface area contributed by atoms with Gasteiger partial charge in [-0.3, -0.25) is 9.79 Å². The highest BCUT2D eigenvalue weighted by Gasteiger charge is 2.13. The first kappa shape index (κ1) is 20.5. The van der Waals surface area contributed by atoms with E-state index in [4.69, 9.17) is 0 Å². The lowest BCUT2D eigenvalue weighted by molar-refractivity contribution is -0.121. The topological polar surface area (TPSA) is 83.3 Å². The Morgan fingerprint density at radius 1 is 1.22 bits per heavy atom. The molecule has 1 amide bonds. The lowest BCUT2D eigenvalue weighted by atomic mass is 10.1.